The third-order valence-electron chi connectivity index (χ3n) is 12.5. The van der Waals surface area contributed by atoms with Gasteiger partial charge in [0.15, 0.2) is 13.8 Å². The van der Waals surface area contributed by atoms with E-state index in [1.165, 1.54) is 31.7 Å². The van der Waals surface area contributed by atoms with Crippen LogP contribution in [0, 0.1) is 24.8 Å². The SMILES string of the molecule is [C-]#[N+]c1cc(-c2cc(C#N)cc(-n3c4ccccc4c4cc([Si](c5ccccc5)(c5ccccc5)c5ccccc5)ccc43)c2)cc(-n2c3ccccc3c3ccc(C)cc32)c1. The number of benzene rings is 9. The second-order valence-corrected chi connectivity index (χ2v) is 19.8. The van der Waals surface area contributed by atoms with E-state index in [0.717, 1.165) is 60.7 Å². The molecule has 0 saturated carbocycles. The zero-order valence-corrected chi connectivity index (χ0v) is 35.0. The lowest BCUT2D eigenvalue weighted by molar-refractivity contribution is 1.17. The Morgan fingerprint density at radius 1 is 0.435 bits per heavy atom. The predicted molar refractivity (Wildman–Crippen MR) is 260 cm³/mol. The van der Waals surface area contributed by atoms with Crippen LogP contribution in [0.1, 0.15) is 11.1 Å². The lowest BCUT2D eigenvalue weighted by atomic mass is 10.0. The fraction of sp³-hybridized carbons (Fsp3) is 0.0175. The third-order valence-corrected chi connectivity index (χ3v) is 17.3. The molecule has 0 spiro atoms. The summed E-state index contributed by atoms with van der Waals surface area (Å²) in [5.41, 5.74) is 10.1. The van der Waals surface area contributed by atoms with Crippen molar-refractivity contribution in [2.75, 3.05) is 0 Å². The molecule has 62 heavy (non-hydrogen) atoms. The molecule has 0 fully saturated rings. The first kappa shape index (κ1) is 36.8. The van der Waals surface area contributed by atoms with Gasteiger partial charge in [0.2, 0.25) is 0 Å². The van der Waals surface area contributed by atoms with Crippen LogP contribution in [0.3, 0.4) is 0 Å². The average Bonchev–Trinajstić information content (AvgIpc) is 3.84. The van der Waals surface area contributed by atoms with Crippen molar-refractivity contribution in [2.24, 2.45) is 0 Å². The van der Waals surface area contributed by atoms with Gasteiger partial charge in [-0.3, -0.25) is 0 Å². The Morgan fingerprint density at radius 2 is 0.935 bits per heavy atom. The molecule has 0 aliphatic heterocycles. The zero-order chi connectivity index (χ0) is 41.8. The second-order valence-electron chi connectivity index (χ2n) is 16.0. The first-order chi connectivity index (χ1) is 30.5. The summed E-state index contributed by atoms with van der Waals surface area (Å²) in [6.07, 6.45) is 0. The standard InChI is InChI=1S/C57H38N4Si/c1-39-26-28-52-50-22-12-14-24-54(50)61(57(52)30-39)45-35-42(33-43(36-45)59-2)41-31-40(38-58)32-44(34-41)60-55-25-15-13-23-51(55)53-37-49(27-29-56(53)60)62(46-16-6-3-7-17-46,47-18-8-4-9-19-47)48-20-10-5-11-21-48/h3-37H,1H3. The van der Waals surface area contributed by atoms with Crippen LogP contribution >= 0.6 is 0 Å². The molecule has 5 heteroatoms. The van der Waals surface area contributed by atoms with E-state index in [9.17, 15) is 5.26 Å². The zero-order valence-electron chi connectivity index (χ0n) is 34.0. The number of fused-ring (bicyclic) bond motifs is 6. The number of aryl methyl sites for hydroxylation is 1. The molecule has 0 bridgehead atoms. The van der Waals surface area contributed by atoms with Crippen LogP contribution in [-0.2, 0) is 0 Å². The highest BCUT2D eigenvalue weighted by molar-refractivity contribution is 7.20. The quantitative estimate of drug-likeness (QED) is 0.0898. The maximum Gasteiger partial charge on any atom is 0.189 e. The molecule has 9 aromatic carbocycles. The highest BCUT2D eigenvalue weighted by Crippen LogP contribution is 2.38. The Balaban J connectivity index is 1.14. The minimum Gasteiger partial charge on any atom is -0.310 e. The molecule has 0 unspecified atom stereocenters. The van der Waals surface area contributed by atoms with Gasteiger partial charge >= 0.3 is 0 Å². The Labute approximate surface area is 361 Å². The number of para-hydroxylation sites is 2. The number of aromatic nitrogens is 2. The molecule has 0 radical (unpaired) electrons. The molecule has 2 aromatic heterocycles. The lowest BCUT2D eigenvalue weighted by Gasteiger charge is -2.34. The molecular weight excluding hydrogens is 769 g/mol. The van der Waals surface area contributed by atoms with Crippen molar-refractivity contribution in [3.05, 3.63) is 235 Å². The smallest absolute Gasteiger partial charge is 0.189 e. The van der Waals surface area contributed by atoms with E-state index in [4.69, 9.17) is 6.57 Å². The molecule has 0 atom stereocenters. The molecule has 2 heterocycles. The monoisotopic (exact) mass is 806 g/mol. The summed E-state index contributed by atoms with van der Waals surface area (Å²) >= 11 is 0. The van der Waals surface area contributed by atoms with Gasteiger partial charge in [0, 0.05) is 32.9 Å². The first-order valence-corrected chi connectivity index (χ1v) is 22.8. The van der Waals surface area contributed by atoms with Crippen LogP contribution in [0.2, 0.25) is 0 Å². The number of rotatable bonds is 7. The van der Waals surface area contributed by atoms with Gasteiger partial charge in [0.05, 0.1) is 40.3 Å². The van der Waals surface area contributed by atoms with Crippen molar-refractivity contribution >= 4 is 78.1 Å². The fourth-order valence-electron chi connectivity index (χ4n) is 9.83. The third kappa shape index (κ3) is 5.80. The van der Waals surface area contributed by atoms with Crippen LogP contribution in [0.25, 0.3) is 71.0 Å². The Kier molecular flexibility index (Phi) is 8.79. The van der Waals surface area contributed by atoms with Gasteiger partial charge in [-0.2, -0.15) is 5.26 Å². The molecule has 11 aromatic rings. The van der Waals surface area contributed by atoms with Crippen LogP contribution in [0.4, 0.5) is 5.69 Å². The summed E-state index contributed by atoms with van der Waals surface area (Å²) in [7, 11) is -2.80. The summed E-state index contributed by atoms with van der Waals surface area (Å²) in [5.74, 6) is 0. The Morgan fingerprint density at radius 3 is 1.53 bits per heavy atom. The van der Waals surface area contributed by atoms with E-state index >= 15 is 0 Å². The summed E-state index contributed by atoms with van der Waals surface area (Å²) < 4.78 is 4.56. The average molecular weight is 807 g/mol. The van der Waals surface area contributed by atoms with Crippen molar-refractivity contribution in [1.82, 2.24) is 9.13 Å². The minimum absolute atomic E-state index is 0.535. The van der Waals surface area contributed by atoms with Crippen LogP contribution < -0.4 is 20.7 Å². The second kappa shape index (κ2) is 14.8. The Bertz CT molecular complexity index is 3510. The molecule has 0 aliphatic rings. The van der Waals surface area contributed by atoms with Crippen molar-refractivity contribution in [2.45, 2.75) is 6.92 Å². The van der Waals surface area contributed by atoms with E-state index in [1.54, 1.807) is 0 Å². The molecule has 0 N–H and O–H groups in total. The lowest BCUT2D eigenvalue weighted by Crippen LogP contribution is -2.74. The minimum atomic E-state index is -2.80. The molecule has 0 saturated heterocycles. The predicted octanol–water partition coefficient (Wildman–Crippen LogP) is 11.7. The van der Waals surface area contributed by atoms with Gasteiger partial charge in [0.25, 0.3) is 0 Å². The topological polar surface area (TPSA) is 38.0 Å². The van der Waals surface area contributed by atoms with E-state index in [-0.39, 0.29) is 0 Å². The van der Waals surface area contributed by atoms with Gasteiger partial charge in [0.1, 0.15) is 0 Å². The molecular formula is C57H38N4Si. The van der Waals surface area contributed by atoms with Crippen LogP contribution in [-0.4, -0.2) is 17.2 Å². The van der Waals surface area contributed by atoms with Gasteiger partial charge in [-0.1, -0.05) is 152 Å². The Hall–Kier alpha value is -8.22. The van der Waals surface area contributed by atoms with Crippen molar-refractivity contribution in [3.63, 3.8) is 0 Å². The van der Waals surface area contributed by atoms with E-state index in [0.29, 0.717) is 11.3 Å². The number of nitrogens with zero attached hydrogens (tertiary/aromatic N) is 4. The number of nitriles is 1. The highest BCUT2D eigenvalue weighted by Gasteiger charge is 2.41. The van der Waals surface area contributed by atoms with Gasteiger partial charge in [-0.25, -0.2) is 4.85 Å². The van der Waals surface area contributed by atoms with Gasteiger partial charge in [-0.15, -0.1) is 0 Å². The first-order valence-electron chi connectivity index (χ1n) is 20.8. The summed E-state index contributed by atoms with van der Waals surface area (Å²) in [5, 5.41) is 20.5. The summed E-state index contributed by atoms with van der Waals surface area (Å²) in [4.78, 5) is 3.97. The molecule has 11 rings (SSSR count). The molecule has 0 aliphatic carbocycles. The number of hydrogen-bond acceptors (Lipinski definition) is 1. The molecule has 290 valence electrons. The highest BCUT2D eigenvalue weighted by atomic mass is 28.3. The van der Waals surface area contributed by atoms with Crippen molar-refractivity contribution < 1.29 is 0 Å². The van der Waals surface area contributed by atoms with Crippen LogP contribution in [0.5, 0.6) is 0 Å². The van der Waals surface area contributed by atoms with Gasteiger partial charge < -0.3 is 9.13 Å². The van der Waals surface area contributed by atoms with E-state index in [1.807, 2.05) is 24.3 Å². The van der Waals surface area contributed by atoms with E-state index in [2.05, 4.69) is 215 Å². The maximum absolute atomic E-state index is 10.6. The van der Waals surface area contributed by atoms with Crippen molar-refractivity contribution in [1.29, 1.82) is 5.26 Å². The summed E-state index contributed by atoms with van der Waals surface area (Å²) in [6, 6.07) is 78.3. The van der Waals surface area contributed by atoms with Crippen LogP contribution in [0.15, 0.2) is 212 Å². The largest absolute Gasteiger partial charge is 0.310 e. The maximum atomic E-state index is 10.6. The number of hydrogen-bond donors (Lipinski definition) is 0. The summed E-state index contributed by atoms with van der Waals surface area (Å²) in [6.45, 7) is 10.3. The molecule has 4 nitrogen and oxygen atoms in total. The van der Waals surface area contributed by atoms with Crippen molar-refractivity contribution in [3.8, 4) is 28.6 Å². The normalized spacial score (nSPS) is 11.6. The van der Waals surface area contributed by atoms with Gasteiger partial charge in [-0.05, 0) is 105 Å². The molecule has 0 amide bonds. The van der Waals surface area contributed by atoms with E-state index < -0.39 is 8.07 Å². The fourth-order valence-corrected chi connectivity index (χ4v) is 14.6.